The van der Waals surface area contributed by atoms with E-state index in [1.807, 2.05) is 0 Å². The Hall–Kier alpha value is -1.14. The number of nitrogens with zero attached hydrogens (tertiary/aromatic N) is 1. The van der Waals surface area contributed by atoms with Gasteiger partial charge >= 0.3 is 11.9 Å². The number of aliphatic hydroxyl groups excluding tert-OH is 1. The van der Waals surface area contributed by atoms with E-state index in [2.05, 4.69) is 39.5 Å². The van der Waals surface area contributed by atoms with Crippen LogP contribution >= 0.6 is 0 Å². The van der Waals surface area contributed by atoms with E-state index in [1.165, 1.54) is 122 Å². The molecule has 0 amide bonds. The molecule has 0 saturated heterocycles. The minimum atomic E-state index is -0.0407. The zero-order valence-electron chi connectivity index (χ0n) is 35.8. The average molecular weight is 738 g/mol. The van der Waals surface area contributed by atoms with E-state index in [-0.39, 0.29) is 24.0 Å². The maximum absolute atomic E-state index is 12.6. The number of carbonyl (C=O) groups is 2. The Morgan fingerprint density at radius 1 is 0.519 bits per heavy atom. The molecule has 0 bridgehead atoms. The van der Waals surface area contributed by atoms with Gasteiger partial charge in [0.2, 0.25) is 0 Å². The summed E-state index contributed by atoms with van der Waals surface area (Å²) in [6.07, 6.45) is 36.2. The molecule has 0 aliphatic heterocycles. The highest BCUT2D eigenvalue weighted by Gasteiger charge is 2.19. The maximum atomic E-state index is 12.6. The highest BCUT2D eigenvalue weighted by molar-refractivity contribution is 5.69. The fourth-order valence-corrected chi connectivity index (χ4v) is 7.23. The number of unbranched alkanes of at least 4 members (excludes halogenated alkanes) is 20. The molecule has 0 unspecified atom stereocenters. The molecule has 52 heavy (non-hydrogen) atoms. The van der Waals surface area contributed by atoms with Gasteiger partial charge in [-0.2, -0.15) is 0 Å². The molecular formula is C46H91NO5. The average Bonchev–Trinajstić information content (AvgIpc) is 3.13. The van der Waals surface area contributed by atoms with Crippen molar-refractivity contribution in [1.82, 2.24) is 4.90 Å². The summed E-state index contributed by atoms with van der Waals surface area (Å²) in [6.45, 7) is 15.5. The predicted molar refractivity (Wildman–Crippen MR) is 223 cm³/mol. The van der Waals surface area contributed by atoms with Crippen LogP contribution in [-0.2, 0) is 19.1 Å². The zero-order chi connectivity index (χ0) is 38.4. The molecule has 0 aromatic carbocycles. The van der Waals surface area contributed by atoms with E-state index in [0.717, 1.165) is 77.3 Å². The minimum absolute atomic E-state index is 0.0135. The summed E-state index contributed by atoms with van der Waals surface area (Å²) in [5.74, 6) is 0.471. The molecule has 0 aliphatic carbocycles. The van der Waals surface area contributed by atoms with Crippen molar-refractivity contribution in [2.45, 2.75) is 234 Å². The van der Waals surface area contributed by atoms with Crippen molar-refractivity contribution in [3.8, 4) is 0 Å². The van der Waals surface area contributed by atoms with Gasteiger partial charge in [-0.15, -0.1) is 0 Å². The van der Waals surface area contributed by atoms with E-state index >= 15 is 0 Å². The summed E-state index contributed by atoms with van der Waals surface area (Å²) in [6, 6.07) is 0. The second-order valence-corrected chi connectivity index (χ2v) is 16.9. The number of hydrogen-bond donors (Lipinski definition) is 1. The van der Waals surface area contributed by atoms with Crippen molar-refractivity contribution in [1.29, 1.82) is 0 Å². The molecule has 0 radical (unpaired) electrons. The highest BCUT2D eigenvalue weighted by atomic mass is 16.5. The van der Waals surface area contributed by atoms with Gasteiger partial charge in [0.25, 0.3) is 0 Å². The van der Waals surface area contributed by atoms with Crippen LogP contribution in [0.5, 0.6) is 0 Å². The standard InChI is InChI=1S/C46H91NO5/c1-6-9-12-15-18-23-30-41-51-44(49)34-27-28-35-46(4,5)36-38-47(39-40-48)37-29-22-21-26-33-45(50)52-42-43(31-24-19-16-13-10-7-2)32-25-20-17-14-11-8-3/h43,48H,6-42H2,1-5H3. The SMILES string of the molecule is CCCCCCCCCOC(=O)CCCCC(C)(C)CCN(CCO)CCCCCCC(=O)OCC(CCCCCCCC)CCCCCCCC. The van der Waals surface area contributed by atoms with E-state index in [1.54, 1.807) is 0 Å². The molecule has 6 heteroatoms. The van der Waals surface area contributed by atoms with Gasteiger partial charge in [-0.25, -0.2) is 0 Å². The number of aliphatic hydroxyl groups is 1. The summed E-state index contributed by atoms with van der Waals surface area (Å²) in [7, 11) is 0. The van der Waals surface area contributed by atoms with Gasteiger partial charge in [0.05, 0.1) is 19.8 Å². The lowest BCUT2D eigenvalue weighted by atomic mass is 9.83. The molecule has 1 N–H and O–H groups in total. The van der Waals surface area contributed by atoms with Gasteiger partial charge in [-0.3, -0.25) is 9.59 Å². The van der Waals surface area contributed by atoms with Gasteiger partial charge in [0.1, 0.15) is 0 Å². The predicted octanol–water partition coefficient (Wildman–Crippen LogP) is 13.2. The zero-order valence-corrected chi connectivity index (χ0v) is 35.8. The Balaban J connectivity index is 4.16. The molecular weight excluding hydrogens is 647 g/mol. The maximum Gasteiger partial charge on any atom is 0.305 e. The van der Waals surface area contributed by atoms with Crippen molar-refractivity contribution in [2.24, 2.45) is 11.3 Å². The minimum Gasteiger partial charge on any atom is -0.466 e. The lowest BCUT2D eigenvalue weighted by Crippen LogP contribution is -2.32. The van der Waals surface area contributed by atoms with Crippen LogP contribution in [0.4, 0.5) is 0 Å². The van der Waals surface area contributed by atoms with Crippen molar-refractivity contribution in [3.63, 3.8) is 0 Å². The molecule has 0 aromatic rings. The second kappa shape index (κ2) is 38.1. The van der Waals surface area contributed by atoms with Gasteiger partial charge < -0.3 is 19.5 Å². The fourth-order valence-electron chi connectivity index (χ4n) is 7.23. The summed E-state index contributed by atoms with van der Waals surface area (Å²) in [4.78, 5) is 27.1. The Morgan fingerprint density at radius 2 is 0.981 bits per heavy atom. The first kappa shape index (κ1) is 50.9. The molecule has 0 aliphatic rings. The first-order chi connectivity index (χ1) is 25.3. The van der Waals surface area contributed by atoms with E-state index < -0.39 is 0 Å². The van der Waals surface area contributed by atoms with Crippen LogP contribution in [0.15, 0.2) is 0 Å². The normalized spacial score (nSPS) is 11.9. The first-order valence-electron chi connectivity index (χ1n) is 22.9. The van der Waals surface area contributed by atoms with Gasteiger partial charge in [-0.1, -0.05) is 169 Å². The summed E-state index contributed by atoms with van der Waals surface area (Å²) in [5.41, 5.74) is 0.206. The molecule has 6 nitrogen and oxygen atoms in total. The quantitative estimate of drug-likeness (QED) is 0.0497. The molecule has 0 fully saturated rings. The van der Waals surface area contributed by atoms with E-state index in [0.29, 0.717) is 38.5 Å². The topological polar surface area (TPSA) is 76.1 Å². The lowest BCUT2D eigenvalue weighted by Gasteiger charge is -2.29. The molecule has 0 heterocycles. The monoisotopic (exact) mass is 738 g/mol. The van der Waals surface area contributed by atoms with E-state index in [9.17, 15) is 14.7 Å². The van der Waals surface area contributed by atoms with Crippen molar-refractivity contribution in [2.75, 3.05) is 39.5 Å². The number of carbonyl (C=O) groups excluding carboxylic acids is 2. The number of esters is 2. The van der Waals surface area contributed by atoms with Gasteiger partial charge in [-0.05, 0) is 75.8 Å². The van der Waals surface area contributed by atoms with Crippen LogP contribution in [0.3, 0.4) is 0 Å². The Kier molecular flexibility index (Phi) is 37.3. The molecule has 310 valence electrons. The second-order valence-electron chi connectivity index (χ2n) is 16.9. The van der Waals surface area contributed by atoms with Crippen molar-refractivity contribution in [3.05, 3.63) is 0 Å². The third-order valence-electron chi connectivity index (χ3n) is 11.0. The molecule has 0 aromatic heterocycles. The fraction of sp³-hybridized carbons (Fsp3) is 0.957. The highest BCUT2D eigenvalue weighted by Crippen LogP contribution is 2.28. The van der Waals surface area contributed by atoms with Gasteiger partial charge in [0, 0.05) is 19.4 Å². The van der Waals surface area contributed by atoms with Crippen molar-refractivity contribution >= 4 is 11.9 Å². The van der Waals surface area contributed by atoms with Gasteiger partial charge in [0.15, 0.2) is 0 Å². The Morgan fingerprint density at radius 3 is 1.54 bits per heavy atom. The molecule has 0 saturated carbocycles. The van der Waals surface area contributed by atoms with Crippen LogP contribution in [0.1, 0.15) is 234 Å². The number of rotatable bonds is 41. The molecule has 0 rings (SSSR count). The van der Waals surface area contributed by atoms with Crippen LogP contribution in [0.2, 0.25) is 0 Å². The first-order valence-corrected chi connectivity index (χ1v) is 22.9. The van der Waals surface area contributed by atoms with Crippen molar-refractivity contribution < 1.29 is 24.2 Å². The Bertz CT molecular complexity index is 756. The number of hydrogen-bond acceptors (Lipinski definition) is 6. The third-order valence-corrected chi connectivity index (χ3v) is 11.0. The van der Waals surface area contributed by atoms with Crippen LogP contribution in [0.25, 0.3) is 0 Å². The summed E-state index contributed by atoms with van der Waals surface area (Å²) >= 11 is 0. The largest absolute Gasteiger partial charge is 0.466 e. The lowest BCUT2D eigenvalue weighted by molar-refractivity contribution is -0.145. The smallest absolute Gasteiger partial charge is 0.305 e. The van der Waals surface area contributed by atoms with Crippen LogP contribution in [-0.4, -0.2) is 61.4 Å². The Labute approximate surface area is 324 Å². The summed E-state index contributed by atoms with van der Waals surface area (Å²) in [5, 5.41) is 9.66. The van der Waals surface area contributed by atoms with E-state index in [4.69, 9.17) is 9.47 Å². The third kappa shape index (κ3) is 35.9. The van der Waals surface area contributed by atoms with Crippen LogP contribution in [0, 0.1) is 11.3 Å². The summed E-state index contributed by atoms with van der Waals surface area (Å²) < 4.78 is 11.3. The molecule has 0 spiro atoms. The molecule has 0 atom stereocenters. The number of ether oxygens (including phenoxy) is 2. The van der Waals surface area contributed by atoms with Crippen LogP contribution < -0.4 is 0 Å².